The number of hydrogen-bond donors (Lipinski definition) is 1. The standard InChI is InChI=1S/C13H19ClFNO2/c1-17-7-8-18-6-2-5-16-10-11-3-4-12(14)13(15)9-11/h3-4,9,16H,2,5-8,10H2,1H3. The van der Waals surface area contributed by atoms with Crippen molar-refractivity contribution in [2.75, 3.05) is 33.5 Å². The molecule has 0 atom stereocenters. The Morgan fingerprint density at radius 1 is 1.28 bits per heavy atom. The zero-order valence-corrected chi connectivity index (χ0v) is 11.3. The molecule has 0 aromatic heterocycles. The molecular formula is C13H19ClFNO2. The minimum Gasteiger partial charge on any atom is -0.382 e. The molecular weight excluding hydrogens is 257 g/mol. The molecule has 18 heavy (non-hydrogen) atoms. The van der Waals surface area contributed by atoms with E-state index in [2.05, 4.69) is 5.32 Å². The van der Waals surface area contributed by atoms with E-state index in [9.17, 15) is 4.39 Å². The van der Waals surface area contributed by atoms with Gasteiger partial charge in [0.05, 0.1) is 18.2 Å². The molecule has 0 amide bonds. The highest BCUT2D eigenvalue weighted by Crippen LogP contribution is 2.15. The lowest BCUT2D eigenvalue weighted by atomic mass is 10.2. The summed E-state index contributed by atoms with van der Waals surface area (Å²) in [6.07, 6.45) is 0.916. The van der Waals surface area contributed by atoms with Crippen LogP contribution in [-0.4, -0.2) is 33.5 Å². The van der Waals surface area contributed by atoms with E-state index in [-0.39, 0.29) is 10.8 Å². The van der Waals surface area contributed by atoms with Crippen LogP contribution in [0.4, 0.5) is 4.39 Å². The van der Waals surface area contributed by atoms with Crippen molar-refractivity contribution in [3.8, 4) is 0 Å². The van der Waals surface area contributed by atoms with Crippen LogP contribution in [0.5, 0.6) is 0 Å². The summed E-state index contributed by atoms with van der Waals surface area (Å²) in [4.78, 5) is 0. The minimum atomic E-state index is -0.376. The van der Waals surface area contributed by atoms with Crippen LogP contribution < -0.4 is 5.32 Å². The summed E-state index contributed by atoms with van der Waals surface area (Å²) in [7, 11) is 1.65. The van der Waals surface area contributed by atoms with E-state index in [1.807, 2.05) is 6.07 Å². The molecule has 1 aromatic rings. The topological polar surface area (TPSA) is 30.5 Å². The van der Waals surface area contributed by atoms with Crippen LogP contribution in [0.2, 0.25) is 5.02 Å². The van der Waals surface area contributed by atoms with Crippen molar-refractivity contribution >= 4 is 11.6 Å². The number of rotatable bonds is 9. The SMILES string of the molecule is COCCOCCCNCc1ccc(Cl)c(F)c1. The predicted octanol–water partition coefficient (Wildman–Crippen LogP) is 2.62. The summed E-state index contributed by atoms with van der Waals surface area (Å²) in [5, 5.41) is 3.38. The number of benzene rings is 1. The minimum absolute atomic E-state index is 0.158. The molecule has 102 valence electrons. The number of methoxy groups -OCH3 is 1. The third-order valence-electron chi connectivity index (χ3n) is 2.39. The fraction of sp³-hybridized carbons (Fsp3) is 0.538. The van der Waals surface area contributed by atoms with E-state index in [0.29, 0.717) is 26.4 Å². The second kappa shape index (κ2) is 9.28. The highest BCUT2D eigenvalue weighted by molar-refractivity contribution is 6.30. The van der Waals surface area contributed by atoms with E-state index < -0.39 is 0 Å². The van der Waals surface area contributed by atoms with Crippen molar-refractivity contribution < 1.29 is 13.9 Å². The number of halogens is 2. The second-order valence-corrected chi connectivity index (χ2v) is 4.29. The molecule has 0 aliphatic heterocycles. The van der Waals surface area contributed by atoms with Gasteiger partial charge in [-0.1, -0.05) is 17.7 Å². The van der Waals surface area contributed by atoms with Gasteiger partial charge in [-0.2, -0.15) is 0 Å². The lowest BCUT2D eigenvalue weighted by Gasteiger charge is -2.06. The molecule has 5 heteroatoms. The summed E-state index contributed by atoms with van der Waals surface area (Å²) in [5.41, 5.74) is 0.886. The van der Waals surface area contributed by atoms with E-state index >= 15 is 0 Å². The molecule has 0 aliphatic rings. The molecule has 0 spiro atoms. The second-order valence-electron chi connectivity index (χ2n) is 3.88. The fourth-order valence-corrected chi connectivity index (χ4v) is 1.54. The third kappa shape index (κ3) is 6.31. The molecule has 0 saturated heterocycles. The molecule has 0 fully saturated rings. The van der Waals surface area contributed by atoms with Gasteiger partial charge in [0.2, 0.25) is 0 Å². The summed E-state index contributed by atoms with van der Waals surface area (Å²) in [6.45, 7) is 3.41. The van der Waals surface area contributed by atoms with Crippen molar-refractivity contribution in [2.24, 2.45) is 0 Å². The number of hydrogen-bond acceptors (Lipinski definition) is 3. The van der Waals surface area contributed by atoms with Gasteiger partial charge in [0, 0.05) is 20.3 Å². The van der Waals surface area contributed by atoms with E-state index in [1.54, 1.807) is 13.2 Å². The fourth-order valence-electron chi connectivity index (χ4n) is 1.43. The monoisotopic (exact) mass is 275 g/mol. The third-order valence-corrected chi connectivity index (χ3v) is 2.69. The van der Waals surface area contributed by atoms with Crippen LogP contribution in [0, 0.1) is 5.82 Å². The average Bonchev–Trinajstić information content (AvgIpc) is 2.37. The predicted molar refractivity (Wildman–Crippen MR) is 70.4 cm³/mol. The van der Waals surface area contributed by atoms with Gasteiger partial charge in [-0.3, -0.25) is 0 Å². The van der Waals surface area contributed by atoms with Gasteiger partial charge in [0.1, 0.15) is 5.82 Å². The summed E-state index contributed by atoms with van der Waals surface area (Å²) >= 11 is 5.60. The van der Waals surface area contributed by atoms with Crippen molar-refractivity contribution in [2.45, 2.75) is 13.0 Å². The van der Waals surface area contributed by atoms with Crippen molar-refractivity contribution in [3.05, 3.63) is 34.6 Å². The van der Waals surface area contributed by atoms with Gasteiger partial charge in [-0.25, -0.2) is 4.39 Å². The molecule has 0 bridgehead atoms. The molecule has 1 aromatic carbocycles. The first-order valence-corrected chi connectivity index (χ1v) is 6.33. The first-order valence-electron chi connectivity index (χ1n) is 5.95. The van der Waals surface area contributed by atoms with Gasteiger partial charge < -0.3 is 14.8 Å². The Morgan fingerprint density at radius 3 is 2.83 bits per heavy atom. The lowest BCUT2D eigenvalue weighted by molar-refractivity contribution is 0.0695. The maximum absolute atomic E-state index is 13.1. The first-order chi connectivity index (χ1) is 8.74. The molecule has 0 unspecified atom stereocenters. The Labute approximate surface area is 112 Å². The van der Waals surface area contributed by atoms with Crippen LogP contribution in [0.25, 0.3) is 0 Å². The van der Waals surface area contributed by atoms with Crippen molar-refractivity contribution in [1.29, 1.82) is 0 Å². The van der Waals surface area contributed by atoms with Gasteiger partial charge in [0.25, 0.3) is 0 Å². The van der Waals surface area contributed by atoms with Gasteiger partial charge in [-0.05, 0) is 30.7 Å². The van der Waals surface area contributed by atoms with E-state index in [4.69, 9.17) is 21.1 Å². The maximum atomic E-state index is 13.1. The molecule has 3 nitrogen and oxygen atoms in total. The van der Waals surface area contributed by atoms with Crippen LogP contribution in [0.15, 0.2) is 18.2 Å². The molecule has 1 N–H and O–H groups in total. The normalized spacial score (nSPS) is 10.8. The van der Waals surface area contributed by atoms with Crippen molar-refractivity contribution in [3.63, 3.8) is 0 Å². The van der Waals surface area contributed by atoms with Gasteiger partial charge >= 0.3 is 0 Å². The smallest absolute Gasteiger partial charge is 0.142 e. The Bertz CT molecular complexity index is 350. The molecule has 0 saturated carbocycles. The van der Waals surface area contributed by atoms with Crippen LogP contribution in [-0.2, 0) is 16.0 Å². The number of nitrogens with one attached hydrogen (secondary N) is 1. The Kier molecular flexibility index (Phi) is 7.93. The van der Waals surface area contributed by atoms with Crippen LogP contribution in [0.1, 0.15) is 12.0 Å². The van der Waals surface area contributed by atoms with Gasteiger partial charge in [-0.15, -0.1) is 0 Å². The Morgan fingerprint density at radius 2 is 2.11 bits per heavy atom. The maximum Gasteiger partial charge on any atom is 0.142 e. The van der Waals surface area contributed by atoms with Gasteiger partial charge in [0.15, 0.2) is 0 Å². The summed E-state index contributed by atoms with van der Waals surface area (Å²) in [6, 6.07) is 4.83. The molecule has 0 aliphatic carbocycles. The van der Waals surface area contributed by atoms with Crippen molar-refractivity contribution in [1.82, 2.24) is 5.32 Å². The number of ether oxygens (including phenoxy) is 2. The summed E-state index contributed by atoms with van der Waals surface area (Å²) in [5.74, 6) is -0.376. The zero-order chi connectivity index (χ0) is 13.2. The molecule has 0 heterocycles. The van der Waals surface area contributed by atoms with E-state index in [1.165, 1.54) is 6.07 Å². The largest absolute Gasteiger partial charge is 0.382 e. The summed E-state index contributed by atoms with van der Waals surface area (Å²) < 4.78 is 23.3. The van der Waals surface area contributed by atoms with E-state index in [0.717, 1.165) is 18.5 Å². The first kappa shape index (κ1) is 15.4. The Hall–Kier alpha value is -0.680. The molecule has 1 rings (SSSR count). The molecule has 0 radical (unpaired) electrons. The average molecular weight is 276 g/mol. The van der Waals surface area contributed by atoms with Crippen LogP contribution >= 0.6 is 11.6 Å². The lowest BCUT2D eigenvalue weighted by Crippen LogP contribution is -2.17. The highest BCUT2D eigenvalue weighted by atomic mass is 35.5. The van der Waals surface area contributed by atoms with Crippen LogP contribution in [0.3, 0.4) is 0 Å². The quantitative estimate of drug-likeness (QED) is 0.703. The highest BCUT2D eigenvalue weighted by Gasteiger charge is 2.00. The Balaban J connectivity index is 2.05. The zero-order valence-electron chi connectivity index (χ0n) is 10.5.